The van der Waals surface area contributed by atoms with Gasteiger partial charge in [0.15, 0.2) is 5.69 Å². The van der Waals surface area contributed by atoms with Gasteiger partial charge in [0.2, 0.25) is 0 Å². The molecule has 1 aromatic rings. The van der Waals surface area contributed by atoms with Crippen LogP contribution in [0.2, 0.25) is 0 Å². The molecule has 1 aliphatic carbocycles. The first-order valence-electron chi connectivity index (χ1n) is 4.11. The van der Waals surface area contributed by atoms with Crippen molar-refractivity contribution in [2.75, 3.05) is 0 Å². The number of nitrogens with zero attached hydrogens (tertiary/aromatic N) is 1. The summed E-state index contributed by atoms with van der Waals surface area (Å²) in [7, 11) is 0. The Balaban J connectivity index is 2.00. The minimum absolute atomic E-state index is 0.0688. The molecule has 5 heteroatoms. The number of thiazole rings is 1. The van der Waals surface area contributed by atoms with Gasteiger partial charge in [0.25, 0.3) is 5.19 Å². The highest BCUT2D eigenvalue weighted by Gasteiger charge is 2.21. The molecule has 1 fully saturated rings. The van der Waals surface area contributed by atoms with Gasteiger partial charge in [0, 0.05) is 5.38 Å². The van der Waals surface area contributed by atoms with E-state index in [4.69, 9.17) is 9.84 Å². The number of aromatic carboxylic acids is 1. The molecule has 2 rings (SSSR count). The normalized spacial score (nSPS) is 16.6. The van der Waals surface area contributed by atoms with Crippen molar-refractivity contribution in [1.82, 2.24) is 4.98 Å². The molecule has 0 aromatic carbocycles. The summed E-state index contributed by atoms with van der Waals surface area (Å²) >= 11 is 1.24. The fourth-order valence-corrected chi connectivity index (χ4v) is 1.75. The lowest BCUT2D eigenvalue weighted by Gasteiger charge is -2.24. The average Bonchev–Trinajstić information content (AvgIpc) is 2.44. The highest BCUT2D eigenvalue weighted by atomic mass is 32.1. The molecule has 0 bridgehead atoms. The zero-order valence-corrected chi connectivity index (χ0v) is 7.71. The monoisotopic (exact) mass is 199 g/mol. The first-order chi connectivity index (χ1) is 6.25. The molecule has 13 heavy (non-hydrogen) atoms. The molecule has 0 atom stereocenters. The van der Waals surface area contributed by atoms with Crippen LogP contribution in [0, 0.1) is 0 Å². The molecule has 0 radical (unpaired) electrons. The second kappa shape index (κ2) is 3.33. The third kappa shape index (κ3) is 1.80. The molecular formula is C8H9NO3S. The van der Waals surface area contributed by atoms with Crippen LogP contribution < -0.4 is 4.74 Å². The van der Waals surface area contributed by atoms with Crippen molar-refractivity contribution in [2.24, 2.45) is 0 Å². The fraction of sp³-hybridized carbons (Fsp3) is 0.500. The van der Waals surface area contributed by atoms with Gasteiger partial charge in [-0.25, -0.2) is 4.79 Å². The molecule has 70 valence electrons. The predicted octanol–water partition coefficient (Wildman–Crippen LogP) is 1.77. The third-order valence-electron chi connectivity index (χ3n) is 2.02. The highest BCUT2D eigenvalue weighted by molar-refractivity contribution is 7.11. The second-order valence-electron chi connectivity index (χ2n) is 2.97. The van der Waals surface area contributed by atoms with E-state index in [0.717, 1.165) is 12.8 Å². The molecule has 0 unspecified atom stereocenters. The van der Waals surface area contributed by atoms with Crippen LogP contribution in [-0.4, -0.2) is 22.2 Å². The van der Waals surface area contributed by atoms with Crippen molar-refractivity contribution in [3.05, 3.63) is 11.1 Å². The Morgan fingerprint density at radius 3 is 2.92 bits per heavy atom. The lowest BCUT2D eigenvalue weighted by atomic mass is 9.96. The van der Waals surface area contributed by atoms with Crippen LogP contribution >= 0.6 is 11.3 Å². The number of carboxylic acids is 1. The van der Waals surface area contributed by atoms with Crippen LogP contribution in [0.15, 0.2) is 5.38 Å². The summed E-state index contributed by atoms with van der Waals surface area (Å²) in [5.74, 6) is -1.00. The Bertz CT molecular complexity index is 319. The predicted molar refractivity (Wildman–Crippen MR) is 47.3 cm³/mol. The standard InChI is InChI=1S/C8H9NO3S/c10-7(11)6-4-13-8(9-6)12-5-2-1-3-5/h4-5H,1-3H2,(H,10,11). The maximum Gasteiger partial charge on any atom is 0.355 e. The molecule has 4 nitrogen and oxygen atoms in total. The molecule has 1 aromatic heterocycles. The van der Waals surface area contributed by atoms with Gasteiger partial charge in [-0.15, -0.1) is 0 Å². The van der Waals surface area contributed by atoms with Crippen molar-refractivity contribution in [1.29, 1.82) is 0 Å². The summed E-state index contributed by atoms with van der Waals surface area (Å²) in [6, 6.07) is 0. The smallest absolute Gasteiger partial charge is 0.355 e. The molecule has 0 saturated heterocycles. The number of carboxylic acid groups (broad SMARTS) is 1. The Labute approximate surface area is 79.2 Å². The average molecular weight is 199 g/mol. The highest BCUT2D eigenvalue weighted by Crippen LogP contribution is 2.27. The first kappa shape index (κ1) is 8.50. The number of hydrogen-bond acceptors (Lipinski definition) is 4. The quantitative estimate of drug-likeness (QED) is 0.806. The number of carbonyl (C=O) groups is 1. The largest absolute Gasteiger partial charge is 0.476 e. The number of rotatable bonds is 3. The summed E-state index contributed by atoms with van der Waals surface area (Å²) in [4.78, 5) is 14.3. The van der Waals surface area contributed by atoms with E-state index in [0.29, 0.717) is 5.19 Å². The van der Waals surface area contributed by atoms with Gasteiger partial charge in [-0.3, -0.25) is 0 Å². The van der Waals surface area contributed by atoms with E-state index in [-0.39, 0.29) is 11.8 Å². The maximum absolute atomic E-state index is 10.5. The summed E-state index contributed by atoms with van der Waals surface area (Å²) in [5, 5.41) is 10.6. The molecule has 0 amide bonds. The van der Waals surface area contributed by atoms with Crippen molar-refractivity contribution >= 4 is 17.3 Å². The van der Waals surface area contributed by atoms with Gasteiger partial charge in [-0.2, -0.15) is 4.98 Å². The molecule has 0 spiro atoms. The molecule has 1 N–H and O–H groups in total. The zero-order chi connectivity index (χ0) is 9.26. The van der Waals surface area contributed by atoms with E-state index in [2.05, 4.69) is 4.98 Å². The van der Waals surface area contributed by atoms with E-state index >= 15 is 0 Å². The molecular weight excluding hydrogens is 190 g/mol. The van der Waals surface area contributed by atoms with E-state index in [1.807, 2.05) is 0 Å². The minimum Gasteiger partial charge on any atom is -0.476 e. The third-order valence-corrected chi connectivity index (χ3v) is 2.75. The lowest BCUT2D eigenvalue weighted by molar-refractivity contribution is 0.0687. The molecule has 1 heterocycles. The number of aromatic nitrogens is 1. The van der Waals surface area contributed by atoms with Crippen molar-refractivity contribution in [3.8, 4) is 5.19 Å². The van der Waals surface area contributed by atoms with Gasteiger partial charge in [0.05, 0.1) is 0 Å². The van der Waals surface area contributed by atoms with Gasteiger partial charge in [-0.05, 0) is 19.3 Å². The van der Waals surface area contributed by atoms with E-state index < -0.39 is 5.97 Å². The van der Waals surface area contributed by atoms with Gasteiger partial charge in [0.1, 0.15) is 6.10 Å². The SMILES string of the molecule is O=C(O)c1csc(OC2CCC2)n1. The van der Waals surface area contributed by atoms with Gasteiger partial charge in [-0.1, -0.05) is 11.3 Å². The van der Waals surface area contributed by atoms with Gasteiger partial charge < -0.3 is 9.84 Å². The molecule has 1 saturated carbocycles. The summed E-state index contributed by atoms with van der Waals surface area (Å²) in [6.45, 7) is 0. The zero-order valence-electron chi connectivity index (χ0n) is 6.90. The Hall–Kier alpha value is -1.10. The number of hydrogen-bond donors (Lipinski definition) is 1. The summed E-state index contributed by atoms with van der Waals surface area (Å²) < 4.78 is 5.43. The Morgan fingerprint density at radius 1 is 1.69 bits per heavy atom. The van der Waals surface area contributed by atoms with Crippen molar-refractivity contribution in [2.45, 2.75) is 25.4 Å². The van der Waals surface area contributed by atoms with Crippen LogP contribution in [0.1, 0.15) is 29.8 Å². The van der Waals surface area contributed by atoms with Gasteiger partial charge >= 0.3 is 5.97 Å². The van der Waals surface area contributed by atoms with Crippen molar-refractivity contribution in [3.63, 3.8) is 0 Å². The Kier molecular flexibility index (Phi) is 2.18. The van der Waals surface area contributed by atoms with E-state index in [9.17, 15) is 4.79 Å². The topological polar surface area (TPSA) is 59.4 Å². The summed E-state index contributed by atoms with van der Waals surface area (Å²) in [5.41, 5.74) is 0.0688. The van der Waals surface area contributed by atoms with Crippen LogP contribution in [-0.2, 0) is 0 Å². The lowest BCUT2D eigenvalue weighted by Crippen LogP contribution is -2.24. The molecule has 0 aliphatic heterocycles. The molecule has 1 aliphatic rings. The van der Waals surface area contributed by atoms with E-state index in [1.165, 1.54) is 23.1 Å². The van der Waals surface area contributed by atoms with E-state index in [1.54, 1.807) is 0 Å². The number of ether oxygens (including phenoxy) is 1. The minimum atomic E-state index is -1.00. The second-order valence-corrected chi connectivity index (χ2v) is 3.80. The van der Waals surface area contributed by atoms with Crippen LogP contribution in [0.5, 0.6) is 5.19 Å². The van der Waals surface area contributed by atoms with Crippen molar-refractivity contribution < 1.29 is 14.6 Å². The van der Waals surface area contributed by atoms with Crippen LogP contribution in [0.4, 0.5) is 0 Å². The van der Waals surface area contributed by atoms with Crippen LogP contribution in [0.3, 0.4) is 0 Å². The maximum atomic E-state index is 10.5. The van der Waals surface area contributed by atoms with Crippen LogP contribution in [0.25, 0.3) is 0 Å². The Morgan fingerprint density at radius 2 is 2.46 bits per heavy atom. The first-order valence-corrected chi connectivity index (χ1v) is 4.99. The fourth-order valence-electron chi connectivity index (χ4n) is 1.04. The summed E-state index contributed by atoms with van der Waals surface area (Å²) in [6.07, 6.45) is 3.57.